The highest BCUT2D eigenvalue weighted by atomic mass is 35.5. The van der Waals surface area contributed by atoms with Crippen LogP contribution in [0.3, 0.4) is 0 Å². The highest BCUT2D eigenvalue weighted by Gasteiger charge is 2.21. The molecule has 1 amide bonds. The minimum atomic E-state index is -0.570. The van der Waals surface area contributed by atoms with E-state index in [1.165, 1.54) is 23.4 Å². The number of halogens is 1. The second-order valence-corrected chi connectivity index (χ2v) is 5.36. The number of rotatable bonds is 3. The van der Waals surface area contributed by atoms with E-state index in [9.17, 15) is 9.59 Å². The molecule has 1 aliphatic rings. The molecule has 6 heteroatoms. The monoisotopic (exact) mass is 283 g/mol. The van der Waals surface area contributed by atoms with Gasteiger partial charge < -0.3 is 5.32 Å². The molecule has 2 rings (SSSR count). The summed E-state index contributed by atoms with van der Waals surface area (Å²) in [5, 5.41) is 3.14. The van der Waals surface area contributed by atoms with Crippen LogP contribution in [0.4, 0.5) is 0 Å². The van der Waals surface area contributed by atoms with Crippen molar-refractivity contribution in [3.05, 3.63) is 27.9 Å². The number of amides is 1. The van der Waals surface area contributed by atoms with E-state index in [1.807, 2.05) is 0 Å². The molecule has 1 atom stereocenters. The molecule has 0 spiro atoms. The molecule has 1 N–H and O–H groups in total. The molecule has 1 aliphatic carbocycles. The smallest absolute Gasteiger partial charge is 0.255 e. The van der Waals surface area contributed by atoms with Gasteiger partial charge in [-0.1, -0.05) is 30.9 Å². The van der Waals surface area contributed by atoms with Gasteiger partial charge in [-0.3, -0.25) is 14.2 Å². The van der Waals surface area contributed by atoms with E-state index in [2.05, 4.69) is 10.3 Å². The zero-order valence-electron chi connectivity index (χ0n) is 10.9. The van der Waals surface area contributed by atoms with Gasteiger partial charge in [0, 0.05) is 12.1 Å². The van der Waals surface area contributed by atoms with E-state index >= 15 is 0 Å². The lowest BCUT2D eigenvalue weighted by molar-refractivity contribution is -0.124. The largest absolute Gasteiger partial charge is 0.352 e. The summed E-state index contributed by atoms with van der Waals surface area (Å²) in [6.07, 6.45) is 6.90. The lowest BCUT2D eigenvalue weighted by Crippen LogP contribution is -2.41. The van der Waals surface area contributed by atoms with Crippen molar-refractivity contribution in [3.8, 4) is 0 Å². The van der Waals surface area contributed by atoms with Gasteiger partial charge in [-0.2, -0.15) is 0 Å². The van der Waals surface area contributed by atoms with Crippen LogP contribution in [0.15, 0.2) is 17.2 Å². The number of hydrogen-bond acceptors (Lipinski definition) is 3. The first kappa shape index (κ1) is 14.1. The molecule has 1 unspecified atom stereocenters. The molecule has 1 aromatic rings. The fourth-order valence-electron chi connectivity index (χ4n) is 2.37. The Hall–Kier alpha value is -1.36. The van der Waals surface area contributed by atoms with Crippen LogP contribution in [0.2, 0.25) is 5.15 Å². The molecule has 1 fully saturated rings. The molecule has 5 nitrogen and oxygen atoms in total. The maximum absolute atomic E-state index is 12.1. The minimum absolute atomic E-state index is 0.140. The summed E-state index contributed by atoms with van der Waals surface area (Å²) in [4.78, 5) is 27.7. The summed E-state index contributed by atoms with van der Waals surface area (Å²) in [7, 11) is 0. The molecule has 0 bridgehead atoms. The first-order valence-corrected chi connectivity index (χ1v) is 7.00. The van der Waals surface area contributed by atoms with Gasteiger partial charge in [-0.15, -0.1) is 0 Å². The molecule has 1 aromatic heterocycles. The fourth-order valence-corrected chi connectivity index (χ4v) is 2.51. The van der Waals surface area contributed by atoms with Crippen LogP contribution in [-0.2, 0) is 4.79 Å². The zero-order valence-corrected chi connectivity index (χ0v) is 11.7. The number of nitrogens with zero attached hydrogens (tertiary/aromatic N) is 2. The summed E-state index contributed by atoms with van der Waals surface area (Å²) < 4.78 is 1.30. The molecule has 0 saturated heterocycles. The van der Waals surface area contributed by atoms with Crippen LogP contribution >= 0.6 is 11.6 Å². The molecule has 19 heavy (non-hydrogen) atoms. The van der Waals surface area contributed by atoms with E-state index in [0.29, 0.717) is 0 Å². The summed E-state index contributed by atoms with van der Waals surface area (Å²) in [5.41, 5.74) is -0.314. The van der Waals surface area contributed by atoms with Gasteiger partial charge in [-0.25, -0.2) is 4.98 Å². The van der Waals surface area contributed by atoms with Crippen molar-refractivity contribution in [2.75, 3.05) is 0 Å². The first-order valence-electron chi connectivity index (χ1n) is 6.62. The number of nitrogens with one attached hydrogen (secondary N) is 1. The Labute approximate surface area is 117 Å². The van der Waals surface area contributed by atoms with Crippen molar-refractivity contribution in [2.45, 2.75) is 51.1 Å². The molecule has 0 radical (unpaired) electrons. The van der Waals surface area contributed by atoms with E-state index in [1.54, 1.807) is 6.92 Å². The van der Waals surface area contributed by atoms with Crippen molar-refractivity contribution in [1.82, 2.24) is 14.9 Å². The van der Waals surface area contributed by atoms with Crippen LogP contribution in [0.25, 0.3) is 0 Å². The minimum Gasteiger partial charge on any atom is -0.352 e. The van der Waals surface area contributed by atoms with Crippen LogP contribution in [0.1, 0.15) is 45.1 Å². The SMILES string of the molecule is CC(C(=O)NC1CCCCC1)n1cnc(Cl)cc1=O. The third-order valence-corrected chi connectivity index (χ3v) is 3.76. The Kier molecular flexibility index (Phi) is 4.58. The maximum atomic E-state index is 12.1. The number of aromatic nitrogens is 2. The highest BCUT2D eigenvalue weighted by molar-refractivity contribution is 6.29. The number of carbonyl (C=O) groups is 1. The van der Waals surface area contributed by atoms with Crippen LogP contribution < -0.4 is 10.9 Å². The molecule has 104 valence electrons. The molecular formula is C13H18ClN3O2. The Morgan fingerprint density at radius 2 is 2.16 bits per heavy atom. The van der Waals surface area contributed by atoms with Gasteiger partial charge in [0.25, 0.3) is 5.56 Å². The number of carbonyl (C=O) groups excluding carboxylic acids is 1. The summed E-state index contributed by atoms with van der Waals surface area (Å²) >= 11 is 5.63. The summed E-state index contributed by atoms with van der Waals surface area (Å²) in [6.45, 7) is 1.69. The van der Waals surface area contributed by atoms with Crippen LogP contribution in [0.5, 0.6) is 0 Å². The average Bonchev–Trinajstić information content (AvgIpc) is 2.39. The molecule has 1 heterocycles. The number of hydrogen-bond donors (Lipinski definition) is 1. The van der Waals surface area contributed by atoms with Gasteiger partial charge >= 0.3 is 0 Å². The van der Waals surface area contributed by atoms with E-state index in [4.69, 9.17) is 11.6 Å². The van der Waals surface area contributed by atoms with E-state index in [0.717, 1.165) is 25.7 Å². The third-order valence-electron chi connectivity index (χ3n) is 3.55. The van der Waals surface area contributed by atoms with Crippen molar-refractivity contribution < 1.29 is 4.79 Å². The van der Waals surface area contributed by atoms with Gasteiger partial charge in [0.05, 0.1) is 6.33 Å². The Bertz CT molecular complexity index is 509. The van der Waals surface area contributed by atoms with Crippen LogP contribution in [0, 0.1) is 0 Å². The lowest BCUT2D eigenvalue weighted by atomic mass is 9.95. The van der Waals surface area contributed by atoms with Crippen molar-refractivity contribution >= 4 is 17.5 Å². The van der Waals surface area contributed by atoms with Gasteiger partial charge in [0.1, 0.15) is 11.2 Å². The second-order valence-electron chi connectivity index (χ2n) is 4.98. The van der Waals surface area contributed by atoms with Gasteiger partial charge in [-0.05, 0) is 19.8 Å². The fraction of sp³-hybridized carbons (Fsp3) is 0.615. The highest BCUT2D eigenvalue weighted by Crippen LogP contribution is 2.18. The Morgan fingerprint density at radius 3 is 2.79 bits per heavy atom. The molecule has 1 saturated carbocycles. The first-order chi connectivity index (χ1) is 9.08. The molecular weight excluding hydrogens is 266 g/mol. The quantitative estimate of drug-likeness (QED) is 0.862. The zero-order chi connectivity index (χ0) is 13.8. The Balaban J connectivity index is 2.03. The lowest BCUT2D eigenvalue weighted by Gasteiger charge is -2.24. The third kappa shape index (κ3) is 3.56. The summed E-state index contributed by atoms with van der Waals surface area (Å²) in [6, 6.07) is 0.880. The van der Waals surface area contributed by atoms with Crippen LogP contribution in [-0.4, -0.2) is 21.5 Å². The second kappa shape index (κ2) is 6.19. The van der Waals surface area contributed by atoms with Crippen molar-refractivity contribution in [1.29, 1.82) is 0 Å². The predicted octanol–water partition coefficient (Wildman–Crippen LogP) is 1.91. The van der Waals surface area contributed by atoms with Crippen molar-refractivity contribution in [2.24, 2.45) is 0 Å². The Morgan fingerprint density at radius 1 is 1.47 bits per heavy atom. The predicted molar refractivity (Wildman–Crippen MR) is 73.2 cm³/mol. The normalized spacial score (nSPS) is 18.0. The van der Waals surface area contributed by atoms with Gasteiger partial charge in [0.15, 0.2) is 0 Å². The maximum Gasteiger partial charge on any atom is 0.255 e. The molecule has 0 aliphatic heterocycles. The standard InChI is InChI=1S/C13H18ClN3O2/c1-9(17-8-15-11(14)7-12(17)18)13(19)16-10-5-3-2-4-6-10/h7-10H,2-6H2,1H3,(H,16,19). The topological polar surface area (TPSA) is 64.0 Å². The van der Waals surface area contributed by atoms with Crippen molar-refractivity contribution in [3.63, 3.8) is 0 Å². The van der Waals surface area contributed by atoms with Gasteiger partial charge in [0.2, 0.25) is 5.91 Å². The molecule has 0 aromatic carbocycles. The average molecular weight is 284 g/mol. The van der Waals surface area contributed by atoms with E-state index < -0.39 is 6.04 Å². The summed E-state index contributed by atoms with van der Waals surface area (Å²) in [5.74, 6) is -0.141. The van der Waals surface area contributed by atoms with E-state index in [-0.39, 0.29) is 22.7 Å².